The number of nitrogens with one attached hydrogen (secondary N) is 2. The third kappa shape index (κ3) is 2.34. The van der Waals surface area contributed by atoms with Gasteiger partial charge in [-0.25, -0.2) is 9.18 Å². The van der Waals surface area contributed by atoms with Crippen LogP contribution in [-0.2, 0) is 4.74 Å². The minimum absolute atomic E-state index is 0.439. The number of methoxy groups -OCH3 is 1. The third-order valence-corrected chi connectivity index (χ3v) is 1.89. The van der Waals surface area contributed by atoms with Crippen LogP contribution in [0.4, 0.5) is 9.18 Å². The van der Waals surface area contributed by atoms with Crippen molar-refractivity contribution in [2.45, 2.75) is 18.6 Å². The average molecular weight is 176 g/mol. The van der Waals surface area contributed by atoms with E-state index in [0.29, 0.717) is 19.5 Å². The second-order valence-electron chi connectivity index (χ2n) is 2.75. The zero-order chi connectivity index (χ0) is 8.97. The Morgan fingerprint density at radius 2 is 2.50 bits per heavy atom. The van der Waals surface area contributed by atoms with Gasteiger partial charge in [0.15, 0.2) is 0 Å². The summed E-state index contributed by atoms with van der Waals surface area (Å²) in [5.74, 6) is 0. The lowest BCUT2D eigenvalue weighted by molar-refractivity contribution is 0.146. The zero-order valence-electron chi connectivity index (χ0n) is 6.97. The SMILES string of the molecule is COC(=O)NC1CNCCC1F. The van der Waals surface area contributed by atoms with Crippen molar-refractivity contribution < 1.29 is 13.9 Å². The van der Waals surface area contributed by atoms with E-state index in [1.165, 1.54) is 7.11 Å². The van der Waals surface area contributed by atoms with E-state index in [0.717, 1.165) is 0 Å². The Morgan fingerprint density at radius 3 is 3.08 bits per heavy atom. The van der Waals surface area contributed by atoms with Gasteiger partial charge in [-0.15, -0.1) is 0 Å². The fraction of sp³-hybridized carbons (Fsp3) is 0.857. The van der Waals surface area contributed by atoms with E-state index >= 15 is 0 Å². The summed E-state index contributed by atoms with van der Waals surface area (Å²) in [6, 6.07) is -0.453. The van der Waals surface area contributed by atoms with Crippen LogP contribution in [0.2, 0.25) is 0 Å². The van der Waals surface area contributed by atoms with Gasteiger partial charge in [-0.3, -0.25) is 0 Å². The Labute approximate surface area is 70.5 Å². The van der Waals surface area contributed by atoms with E-state index in [4.69, 9.17) is 0 Å². The summed E-state index contributed by atoms with van der Waals surface area (Å²) in [7, 11) is 1.26. The predicted octanol–water partition coefficient (Wildman–Crippen LogP) is 0.0424. The highest BCUT2D eigenvalue weighted by Gasteiger charge is 2.25. The van der Waals surface area contributed by atoms with Crippen molar-refractivity contribution in [2.24, 2.45) is 0 Å². The maximum absolute atomic E-state index is 13.0. The fourth-order valence-electron chi connectivity index (χ4n) is 1.18. The lowest BCUT2D eigenvalue weighted by atomic mass is 10.1. The Hall–Kier alpha value is -0.840. The van der Waals surface area contributed by atoms with E-state index in [1.807, 2.05) is 0 Å². The number of halogens is 1. The molecule has 0 bridgehead atoms. The molecular formula is C7H13FN2O2. The number of alkyl halides is 1. The fourth-order valence-corrected chi connectivity index (χ4v) is 1.18. The number of ether oxygens (including phenoxy) is 1. The number of rotatable bonds is 1. The molecule has 0 aromatic heterocycles. The number of hydrogen-bond acceptors (Lipinski definition) is 3. The van der Waals surface area contributed by atoms with Gasteiger partial charge in [-0.05, 0) is 13.0 Å². The van der Waals surface area contributed by atoms with E-state index in [1.54, 1.807) is 0 Å². The van der Waals surface area contributed by atoms with Crippen LogP contribution in [0, 0.1) is 0 Å². The normalized spacial score (nSPS) is 29.5. The molecule has 0 aromatic carbocycles. The van der Waals surface area contributed by atoms with Gasteiger partial charge in [0.2, 0.25) is 0 Å². The highest BCUT2D eigenvalue weighted by molar-refractivity contribution is 5.67. The van der Waals surface area contributed by atoms with Gasteiger partial charge >= 0.3 is 6.09 Å². The zero-order valence-corrected chi connectivity index (χ0v) is 6.97. The number of alkyl carbamates (subject to hydrolysis) is 1. The number of piperidine rings is 1. The van der Waals surface area contributed by atoms with Crippen molar-refractivity contribution in [1.82, 2.24) is 10.6 Å². The Balaban J connectivity index is 2.33. The molecule has 1 fully saturated rings. The molecule has 1 aliphatic heterocycles. The van der Waals surface area contributed by atoms with Crippen molar-refractivity contribution in [3.05, 3.63) is 0 Å². The van der Waals surface area contributed by atoms with Crippen LogP contribution in [0.3, 0.4) is 0 Å². The van der Waals surface area contributed by atoms with Gasteiger partial charge in [0.1, 0.15) is 6.17 Å². The smallest absolute Gasteiger partial charge is 0.407 e. The molecule has 1 heterocycles. The molecule has 2 unspecified atom stereocenters. The van der Waals surface area contributed by atoms with Crippen LogP contribution in [0.5, 0.6) is 0 Å². The van der Waals surface area contributed by atoms with Gasteiger partial charge in [0, 0.05) is 6.54 Å². The molecule has 1 saturated heterocycles. The van der Waals surface area contributed by atoms with Crippen LogP contribution >= 0.6 is 0 Å². The van der Waals surface area contributed by atoms with Gasteiger partial charge in [0.05, 0.1) is 13.2 Å². The predicted molar refractivity (Wildman–Crippen MR) is 41.7 cm³/mol. The quantitative estimate of drug-likeness (QED) is 0.593. The van der Waals surface area contributed by atoms with Crippen molar-refractivity contribution in [1.29, 1.82) is 0 Å². The molecule has 0 spiro atoms. The maximum Gasteiger partial charge on any atom is 0.407 e. The minimum atomic E-state index is -0.967. The molecule has 5 heteroatoms. The summed E-state index contributed by atoms with van der Waals surface area (Å²) in [5.41, 5.74) is 0. The molecule has 1 amide bonds. The second kappa shape index (κ2) is 4.25. The first-order valence-electron chi connectivity index (χ1n) is 3.93. The van der Waals surface area contributed by atoms with Gasteiger partial charge in [0.25, 0.3) is 0 Å². The van der Waals surface area contributed by atoms with Gasteiger partial charge < -0.3 is 15.4 Å². The van der Waals surface area contributed by atoms with Crippen molar-refractivity contribution in [3.8, 4) is 0 Å². The highest BCUT2D eigenvalue weighted by atomic mass is 19.1. The molecule has 12 heavy (non-hydrogen) atoms. The van der Waals surface area contributed by atoms with E-state index in [9.17, 15) is 9.18 Å². The lowest BCUT2D eigenvalue weighted by Gasteiger charge is -2.26. The van der Waals surface area contributed by atoms with Crippen LogP contribution < -0.4 is 10.6 Å². The summed E-state index contributed by atoms with van der Waals surface area (Å²) >= 11 is 0. The summed E-state index contributed by atoms with van der Waals surface area (Å²) in [5, 5.41) is 5.40. The highest BCUT2D eigenvalue weighted by Crippen LogP contribution is 2.07. The van der Waals surface area contributed by atoms with E-state index in [-0.39, 0.29) is 0 Å². The van der Waals surface area contributed by atoms with Gasteiger partial charge in [-0.2, -0.15) is 0 Å². The summed E-state index contributed by atoms with van der Waals surface area (Å²) in [6.45, 7) is 1.14. The first-order valence-corrected chi connectivity index (χ1v) is 3.93. The lowest BCUT2D eigenvalue weighted by Crippen LogP contribution is -2.52. The molecule has 4 nitrogen and oxygen atoms in total. The van der Waals surface area contributed by atoms with Crippen LogP contribution in [0.15, 0.2) is 0 Å². The second-order valence-corrected chi connectivity index (χ2v) is 2.75. The topological polar surface area (TPSA) is 50.4 Å². The Morgan fingerprint density at radius 1 is 1.75 bits per heavy atom. The van der Waals surface area contributed by atoms with Crippen LogP contribution in [-0.4, -0.2) is 38.5 Å². The minimum Gasteiger partial charge on any atom is -0.453 e. The van der Waals surface area contributed by atoms with Crippen LogP contribution in [0.1, 0.15) is 6.42 Å². The number of amides is 1. The third-order valence-electron chi connectivity index (χ3n) is 1.89. The summed E-state index contributed by atoms with van der Waals surface area (Å²) in [4.78, 5) is 10.7. The molecule has 0 radical (unpaired) electrons. The van der Waals surface area contributed by atoms with Crippen LogP contribution in [0.25, 0.3) is 0 Å². The molecule has 2 N–H and O–H groups in total. The molecular weight excluding hydrogens is 163 g/mol. The monoisotopic (exact) mass is 176 g/mol. The first-order chi connectivity index (χ1) is 5.74. The van der Waals surface area contributed by atoms with Crippen molar-refractivity contribution in [3.63, 3.8) is 0 Å². The van der Waals surface area contributed by atoms with Gasteiger partial charge in [-0.1, -0.05) is 0 Å². The Bertz CT molecular complexity index is 165. The molecule has 0 saturated carbocycles. The maximum atomic E-state index is 13.0. The average Bonchev–Trinajstić information content (AvgIpc) is 2.09. The number of hydrogen-bond donors (Lipinski definition) is 2. The van der Waals surface area contributed by atoms with E-state index in [2.05, 4.69) is 15.4 Å². The molecule has 1 aliphatic rings. The molecule has 0 aromatic rings. The molecule has 0 aliphatic carbocycles. The number of carbonyl (C=O) groups excluding carboxylic acids is 1. The summed E-state index contributed by atoms with van der Waals surface area (Å²) < 4.78 is 17.4. The van der Waals surface area contributed by atoms with Crippen molar-refractivity contribution in [2.75, 3.05) is 20.2 Å². The molecule has 70 valence electrons. The first kappa shape index (κ1) is 9.25. The molecule has 2 atom stereocenters. The molecule has 1 rings (SSSR count). The van der Waals surface area contributed by atoms with E-state index < -0.39 is 18.3 Å². The van der Waals surface area contributed by atoms with Crippen molar-refractivity contribution >= 4 is 6.09 Å². The summed E-state index contributed by atoms with van der Waals surface area (Å²) in [6.07, 6.45) is -1.11. The largest absolute Gasteiger partial charge is 0.453 e. The Kier molecular flexibility index (Phi) is 3.28. The standard InChI is InChI=1S/C7H13FN2O2/c1-12-7(11)10-6-4-9-3-2-5(6)8/h5-6,9H,2-4H2,1H3,(H,10,11). The number of carbonyl (C=O) groups is 1.